The van der Waals surface area contributed by atoms with Crippen LogP contribution in [0.15, 0.2) is 24.3 Å². The number of benzene rings is 1. The minimum absolute atomic E-state index is 0.306. The lowest BCUT2D eigenvalue weighted by atomic mass is 10.2. The monoisotopic (exact) mass is 252 g/mol. The molecule has 4 nitrogen and oxygen atoms in total. The maximum absolute atomic E-state index is 8.94. The summed E-state index contributed by atoms with van der Waals surface area (Å²) < 4.78 is 5.25. The second-order valence-corrected chi connectivity index (χ2v) is 5.00. The van der Waals surface area contributed by atoms with Crippen LogP contribution in [0.5, 0.6) is 5.75 Å². The van der Waals surface area contributed by atoms with Crippen LogP contribution in [0.3, 0.4) is 0 Å². The van der Waals surface area contributed by atoms with E-state index in [1.165, 1.54) is 36.6 Å². The van der Waals surface area contributed by atoms with Crippen LogP contribution in [0.2, 0.25) is 0 Å². The van der Waals surface area contributed by atoms with Gasteiger partial charge in [0.2, 0.25) is 0 Å². The van der Waals surface area contributed by atoms with Crippen LogP contribution in [-0.2, 0) is 6.54 Å². The summed E-state index contributed by atoms with van der Waals surface area (Å²) in [5.74, 6) is 0.941. The zero-order chi connectivity index (χ0) is 12.8. The summed E-state index contributed by atoms with van der Waals surface area (Å²) in [7, 11) is 1.71. The Morgan fingerprint density at radius 1 is 1.17 bits per heavy atom. The number of aliphatic hydroxyl groups is 1. The highest BCUT2D eigenvalue weighted by molar-refractivity contribution is 5.27. The van der Waals surface area contributed by atoms with E-state index in [-0.39, 0.29) is 0 Å². The molecule has 1 heterocycles. The topological polar surface area (TPSA) is 38.3 Å². The van der Waals surface area contributed by atoms with Gasteiger partial charge in [0, 0.05) is 5.56 Å². The standard InChI is InChI=1S/C14H22N2O2/c1-18-14-4-2-3-13(11-14)12-16-7-5-15(6-8-16)9-10-17/h2-4,11,17H,5-10,12H2,1H3/p+2. The van der Waals surface area contributed by atoms with E-state index in [4.69, 9.17) is 9.84 Å². The number of hydrogen-bond donors (Lipinski definition) is 3. The van der Waals surface area contributed by atoms with E-state index in [1.807, 2.05) is 6.07 Å². The number of methoxy groups -OCH3 is 1. The van der Waals surface area contributed by atoms with Gasteiger partial charge in [-0.25, -0.2) is 0 Å². The van der Waals surface area contributed by atoms with E-state index in [0.29, 0.717) is 6.61 Å². The highest BCUT2D eigenvalue weighted by Crippen LogP contribution is 2.11. The van der Waals surface area contributed by atoms with Gasteiger partial charge in [-0.15, -0.1) is 0 Å². The summed E-state index contributed by atoms with van der Waals surface area (Å²) in [4.78, 5) is 3.16. The zero-order valence-corrected chi connectivity index (χ0v) is 11.1. The molecule has 100 valence electrons. The summed E-state index contributed by atoms with van der Waals surface area (Å²) >= 11 is 0. The van der Waals surface area contributed by atoms with Crippen LogP contribution in [-0.4, -0.2) is 51.5 Å². The molecule has 1 saturated heterocycles. The molecule has 3 N–H and O–H groups in total. The SMILES string of the molecule is COc1cccc(C[NH+]2CC[NH+](CCO)CC2)c1. The van der Waals surface area contributed by atoms with Crippen molar-refractivity contribution in [1.29, 1.82) is 0 Å². The van der Waals surface area contributed by atoms with Crippen LogP contribution in [0, 0.1) is 0 Å². The molecule has 0 radical (unpaired) electrons. The number of aliphatic hydroxyl groups excluding tert-OH is 1. The molecular weight excluding hydrogens is 228 g/mol. The lowest BCUT2D eigenvalue weighted by Crippen LogP contribution is -3.27. The molecule has 1 aromatic carbocycles. The van der Waals surface area contributed by atoms with E-state index in [1.54, 1.807) is 12.0 Å². The Bertz CT molecular complexity index is 363. The van der Waals surface area contributed by atoms with Gasteiger partial charge in [-0.1, -0.05) is 12.1 Å². The lowest BCUT2D eigenvalue weighted by Gasteiger charge is -2.29. The summed E-state index contributed by atoms with van der Waals surface area (Å²) in [6.07, 6.45) is 0. The lowest BCUT2D eigenvalue weighted by molar-refractivity contribution is -1.02. The molecule has 1 aliphatic rings. The molecule has 1 aliphatic heterocycles. The fraction of sp³-hybridized carbons (Fsp3) is 0.571. The molecule has 0 aliphatic carbocycles. The van der Waals surface area contributed by atoms with Crippen molar-refractivity contribution in [1.82, 2.24) is 0 Å². The van der Waals surface area contributed by atoms with Crippen molar-refractivity contribution in [3.8, 4) is 5.75 Å². The van der Waals surface area contributed by atoms with Crippen molar-refractivity contribution >= 4 is 0 Å². The molecule has 0 unspecified atom stereocenters. The summed E-state index contributed by atoms with van der Waals surface area (Å²) in [5, 5.41) is 8.94. The maximum Gasteiger partial charge on any atom is 0.127 e. The second kappa shape index (κ2) is 6.73. The van der Waals surface area contributed by atoms with Crippen LogP contribution in [0.4, 0.5) is 0 Å². The van der Waals surface area contributed by atoms with Crippen molar-refractivity contribution in [2.45, 2.75) is 6.54 Å². The van der Waals surface area contributed by atoms with Gasteiger partial charge in [-0.2, -0.15) is 0 Å². The first-order valence-electron chi connectivity index (χ1n) is 6.72. The summed E-state index contributed by atoms with van der Waals surface area (Å²) in [6.45, 7) is 6.98. The second-order valence-electron chi connectivity index (χ2n) is 5.00. The number of quaternary nitrogens is 2. The third-order valence-corrected chi connectivity index (χ3v) is 3.72. The van der Waals surface area contributed by atoms with Crippen LogP contribution >= 0.6 is 0 Å². The fourth-order valence-corrected chi connectivity index (χ4v) is 2.61. The first-order valence-corrected chi connectivity index (χ1v) is 6.72. The Morgan fingerprint density at radius 3 is 2.56 bits per heavy atom. The number of hydrogen-bond acceptors (Lipinski definition) is 2. The molecule has 2 rings (SSSR count). The van der Waals surface area contributed by atoms with Crippen molar-refractivity contribution in [2.24, 2.45) is 0 Å². The van der Waals surface area contributed by atoms with E-state index in [2.05, 4.69) is 18.2 Å². The average Bonchev–Trinajstić information content (AvgIpc) is 2.42. The predicted octanol–water partition coefficient (Wildman–Crippen LogP) is -2.03. The average molecular weight is 252 g/mol. The van der Waals surface area contributed by atoms with Gasteiger partial charge >= 0.3 is 0 Å². The van der Waals surface area contributed by atoms with Crippen LogP contribution in [0.1, 0.15) is 5.56 Å². The minimum Gasteiger partial charge on any atom is -0.497 e. The van der Waals surface area contributed by atoms with E-state index >= 15 is 0 Å². The normalized spacial score (nSPS) is 23.9. The number of nitrogens with one attached hydrogen (secondary N) is 2. The van der Waals surface area contributed by atoms with Gasteiger partial charge in [0.1, 0.15) is 45.0 Å². The molecule has 0 atom stereocenters. The van der Waals surface area contributed by atoms with E-state index in [0.717, 1.165) is 18.8 Å². The molecule has 0 amide bonds. The van der Waals surface area contributed by atoms with Gasteiger partial charge in [0.25, 0.3) is 0 Å². The summed E-state index contributed by atoms with van der Waals surface area (Å²) in [5.41, 5.74) is 1.34. The van der Waals surface area contributed by atoms with Gasteiger partial charge in [0.15, 0.2) is 0 Å². The molecule has 18 heavy (non-hydrogen) atoms. The number of ether oxygens (including phenoxy) is 1. The quantitative estimate of drug-likeness (QED) is 0.565. The van der Waals surface area contributed by atoms with Crippen molar-refractivity contribution < 1.29 is 19.6 Å². The number of piperazine rings is 1. The zero-order valence-electron chi connectivity index (χ0n) is 11.1. The fourth-order valence-electron chi connectivity index (χ4n) is 2.61. The van der Waals surface area contributed by atoms with Gasteiger partial charge in [-0.05, 0) is 12.1 Å². The largest absolute Gasteiger partial charge is 0.497 e. The van der Waals surface area contributed by atoms with E-state index < -0.39 is 0 Å². The molecule has 1 fully saturated rings. The van der Waals surface area contributed by atoms with Crippen molar-refractivity contribution in [3.63, 3.8) is 0 Å². The minimum atomic E-state index is 0.306. The van der Waals surface area contributed by atoms with Crippen LogP contribution < -0.4 is 14.5 Å². The van der Waals surface area contributed by atoms with E-state index in [9.17, 15) is 0 Å². The third-order valence-electron chi connectivity index (χ3n) is 3.72. The Kier molecular flexibility index (Phi) is 4.99. The van der Waals surface area contributed by atoms with Crippen LogP contribution in [0.25, 0.3) is 0 Å². The molecule has 4 heteroatoms. The first kappa shape index (κ1) is 13.3. The Balaban J connectivity index is 1.83. The predicted molar refractivity (Wildman–Crippen MR) is 70.0 cm³/mol. The smallest absolute Gasteiger partial charge is 0.127 e. The molecule has 0 spiro atoms. The maximum atomic E-state index is 8.94. The Hall–Kier alpha value is -1.10. The van der Waals surface area contributed by atoms with Gasteiger partial charge in [-0.3, -0.25) is 0 Å². The molecular formula is C14H24N2O2+2. The highest BCUT2D eigenvalue weighted by atomic mass is 16.5. The Labute approximate surface area is 109 Å². The molecule has 0 bridgehead atoms. The van der Waals surface area contributed by atoms with Crippen molar-refractivity contribution in [2.75, 3.05) is 46.4 Å². The summed E-state index contributed by atoms with van der Waals surface area (Å²) in [6, 6.07) is 8.34. The molecule has 0 aromatic heterocycles. The molecule has 0 saturated carbocycles. The highest BCUT2D eigenvalue weighted by Gasteiger charge is 2.22. The number of rotatable bonds is 5. The first-order chi connectivity index (χ1) is 8.81. The van der Waals surface area contributed by atoms with Gasteiger partial charge < -0.3 is 19.6 Å². The van der Waals surface area contributed by atoms with Crippen molar-refractivity contribution in [3.05, 3.63) is 29.8 Å². The third kappa shape index (κ3) is 3.70. The van der Waals surface area contributed by atoms with Gasteiger partial charge in [0.05, 0.1) is 13.7 Å². The Morgan fingerprint density at radius 2 is 1.89 bits per heavy atom. The molecule has 1 aromatic rings.